The van der Waals surface area contributed by atoms with E-state index in [1.54, 1.807) is 26.4 Å². The van der Waals surface area contributed by atoms with Crippen molar-refractivity contribution in [2.45, 2.75) is 19.4 Å². The zero-order valence-electron chi connectivity index (χ0n) is 14.8. The fourth-order valence-electron chi connectivity index (χ4n) is 3.09. The summed E-state index contributed by atoms with van der Waals surface area (Å²) in [5, 5.41) is 12.2. The number of phenols is 1. The van der Waals surface area contributed by atoms with Gasteiger partial charge in [-0.1, -0.05) is 6.07 Å². The molecule has 3 rings (SSSR count). The monoisotopic (exact) mass is 359 g/mol. The zero-order valence-corrected chi connectivity index (χ0v) is 14.8. The van der Waals surface area contributed by atoms with Crippen LogP contribution in [0.15, 0.2) is 36.4 Å². The summed E-state index contributed by atoms with van der Waals surface area (Å²) in [6, 6.07) is 9.82. The lowest BCUT2D eigenvalue weighted by Crippen LogP contribution is -2.25. The number of hydrogen-bond acceptors (Lipinski definition) is 4. The van der Waals surface area contributed by atoms with E-state index < -0.39 is 5.82 Å². The van der Waals surface area contributed by atoms with Gasteiger partial charge in [0.1, 0.15) is 11.5 Å². The number of hydrogen-bond donors (Lipinski definition) is 2. The lowest BCUT2D eigenvalue weighted by Gasteiger charge is -2.11. The van der Waals surface area contributed by atoms with Crippen molar-refractivity contribution in [3.63, 3.8) is 0 Å². The second-order valence-electron chi connectivity index (χ2n) is 6.49. The largest absolute Gasteiger partial charge is 0.505 e. The van der Waals surface area contributed by atoms with Gasteiger partial charge in [-0.2, -0.15) is 0 Å². The van der Waals surface area contributed by atoms with Crippen LogP contribution in [-0.4, -0.2) is 25.2 Å². The third-order valence-electron chi connectivity index (χ3n) is 4.72. The van der Waals surface area contributed by atoms with Gasteiger partial charge in [-0.15, -0.1) is 0 Å². The van der Waals surface area contributed by atoms with Crippen molar-refractivity contribution in [3.05, 3.63) is 53.3 Å². The Hall–Kier alpha value is -2.76. The van der Waals surface area contributed by atoms with Crippen LogP contribution in [0.1, 0.15) is 17.5 Å². The van der Waals surface area contributed by atoms with Crippen molar-refractivity contribution in [2.75, 3.05) is 14.2 Å². The number of nitrogens with one attached hydrogen (secondary N) is 1. The number of ether oxygens (including phenoxy) is 2. The highest BCUT2D eigenvalue weighted by molar-refractivity contribution is 5.81. The predicted octanol–water partition coefficient (Wildman–Crippen LogP) is 3.04. The number of carbonyl (C=O) groups excluding carboxylic acids is 1. The third-order valence-corrected chi connectivity index (χ3v) is 4.72. The highest BCUT2D eigenvalue weighted by atomic mass is 19.1. The van der Waals surface area contributed by atoms with Crippen LogP contribution in [-0.2, 0) is 17.8 Å². The van der Waals surface area contributed by atoms with Crippen molar-refractivity contribution in [1.82, 2.24) is 5.32 Å². The van der Waals surface area contributed by atoms with Gasteiger partial charge in [-0.25, -0.2) is 4.39 Å². The van der Waals surface area contributed by atoms with Crippen molar-refractivity contribution in [3.8, 4) is 17.2 Å². The molecule has 0 bridgehead atoms. The molecule has 2 aromatic rings. The number of methoxy groups -OCH3 is 2. The third kappa shape index (κ3) is 4.07. The summed E-state index contributed by atoms with van der Waals surface area (Å²) >= 11 is 0. The van der Waals surface area contributed by atoms with E-state index in [9.17, 15) is 14.3 Å². The number of halogens is 1. The molecule has 0 spiro atoms. The van der Waals surface area contributed by atoms with E-state index in [0.717, 1.165) is 17.5 Å². The first-order valence-electron chi connectivity index (χ1n) is 8.47. The normalized spacial score (nSPS) is 18.3. The zero-order chi connectivity index (χ0) is 18.7. The molecule has 6 heteroatoms. The Bertz CT molecular complexity index is 808. The molecule has 0 aliphatic heterocycles. The lowest BCUT2D eigenvalue weighted by atomic mass is 10.1. The molecule has 2 aromatic carbocycles. The highest BCUT2D eigenvalue weighted by Gasteiger charge is 2.42. The Morgan fingerprint density at radius 2 is 2.04 bits per heavy atom. The molecule has 1 amide bonds. The van der Waals surface area contributed by atoms with Gasteiger partial charge in [0.25, 0.3) is 0 Å². The van der Waals surface area contributed by atoms with E-state index >= 15 is 0 Å². The average molecular weight is 359 g/mol. The molecular formula is C20H22FNO4. The van der Waals surface area contributed by atoms with Crippen molar-refractivity contribution in [2.24, 2.45) is 11.8 Å². The molecule has 1 saturated carbocycles. The maximum atomic E-state index is 13.4. The fourth-order valence-corrected chi connectivity index (χ4v) is 3.09. The summed E-state index contributed by atoms with van der Waals surface area (Å²) < 4.78 is 23.9. The number of rotatable bonds is 7. The van der Waals surface area contributed by atoms with Crippen LogP contribution in [0, 0.1) is 17.7 Å². The molecule has 0 saturated heterocycles. The van der Waals surface area contributed by atoms with Gasteiger partial charge in [0.05, 0.1) is 14.2 Å². The van der Waals surface area contributed by atoms with Crippen LogP contribution in [0.25, 0.3) is 0 Å². The number of amides is 1. The first-order chi connectivity index (χ1) is 12.5. The Morgan fingerprint density at radius 3 is 2.73 bits per heavy atom. The van der Waals surface area contributed by atoms with Crippen LogP contribution in [0.3, 0.4) is 0 Å². The molecule has 26 heavy (non-hydrogen) atoms. The summed E-state index contributed by atoms with van der Waals surface area (Å²) in [6.07, 6.45) is 1.41. The van der Waals surface area contributed by atoms with Crippen molar-refractivity contribution >= 4 is 5.91 Å². The summed E-state index contributed by atoms with van der Waals surface area (Å²) in [6.45, 7) is 0.378. The maximum Gasteiger partial charge on any atom is 0.223 e. The first-order valence-corrected chi connectivity index (χ1v) is 8.47. The minimum absolute atomic E-state index is 0.00729. The van der Waals surface area contributed by atoms with Crippen LogP contribution >= 0.6 is 0 Å². The predicted molar refractivity (Wildman–Crippen MR) is 94.8 cm³/mol. The second-order valence-corrected chi connectivity index (χ2v) is 6.49. The summed E-state index contributed by atoms with van der Waals surface area (Å²) in [5.74, 6) is 0.514. The smallest absolute Gasteiger partial charge is 0.223 e. The number of aromatic hydroxyl groups is 1. The molecule has 0 aromatic heterocycles. The SMILES string of the molecule is COc1ccc(CNC(=O)C2CC2Cc2ccc(O)c(F)c2)c(OC)c1. The molecule has 1 fully saturated rings. The molecule has 0 radical (unpaired) electrons. The van der Waals surface area contributed by atoms with Gasteiger partial charge in [-0.3, -0.25) is 4.79 Å². The van der Waals surface area contributed by atoms with Gasteiger partial charge in [0, 0.05) is 24.1 Å². The molecule has 1 aliphatic rings. The van der Waals surface area contributed by atoms with Gasteiger partial charge >= 0.3 is 0 Å². The fraction of sp³-hybridized carbons (Fsp3) is 0.350. The summed E-state index contributed by atoms with van der Waals surface area (Å²) in [5.41, 5.74) is 1.66. The van der Waals surface area contributed by atoms with E-state index in [1.165, 1.54) is 12.1 Å². The Balaban J connectivity index is 1.53. The molecular weight excluding hydrogens is 337 g/mol. The van der Waals surface area contributed by atoms with E-state index in [0.29, 0.717) is 24.5 Å². The Labute approximate surface area is 151 Å². The quantitative estimate of drug-likeness (QED) is 0.797. The molecule has 0 heterocycles. The van der Waals surface area contributed by atoms with Crippen molar-refractivity contribution in [1.29, 1.82) is 0 Å². The molecule has 138 valence electrons. The first kappa shape index (κ1) is 18.0. The number of benzene rings is 2. The van der Waals surface area contributed by atoms with Crippen LogP contribution in [0.4, 0.5) is 4.39 Å². The van der Waals surface area contributed by atoms with Gasteiger partial charge in [-0.05, 0) is 48.6 Å². The number of carbonyl (C=O) groups is 1. The van der Waals surface area contributed by atoms with E-state index in [4.69, 9.17) is 9.47 Å². The average Bonchev–Trinajstić information content (AvgIpc) is 3.41. The lowest BCUT2D eigenvalue weighted by molar-refractivity contribution is -0.122. The van der Waals surface area contributed by atoms with Crippen LogP contribution in [0.2, 0.25) is 0 Å². The van der Waals surface area contributed by atoms with Gasteiger partial charge in [0.2, 0.25) is 5.91 Å². The summed E-state index contributed by atoms with van der Waals surface area (Å²) in [4.78, 5) is 12.3. The maximum absolute atomic E-state index is 13.4. The van der Waals surface area contributed by atoms with E-state index in [-0.39, 0.29) is 23.5 Å². The minimum atomic E-state index is -0.629. The van der Waals surface area contributed by atoms with Crippen LogP contribution < -0.4 is 14.8 Å². The second kappa shape index (κ2) is 7.64. The van der Waals surface area contributed by atoms with Crippen LogP contribution in [0.5, 0.6) is 17.2 Å². The standard InChI is InChI=1S/C20H22FNO4/c1-25-15-5-4-13(19(10-15)26-2)11-22-20(24)16-9-14(16)7-12-3-6-18(23)17(21)8-12/h3-6,8,10,14,16,23H,7,9,11H2,1-2H3,(H,22,24). The van der Waals surface area contributed by atoms with Crippen molar-refractivity contribution < 1.29 is 23.8 Å². The van der Waals surface area contributed by atoms with Gasteiger partial charge < -0.3 is 19.9 Å². The molecule has 1 aliphatic carbocycles. The molecule has 2 atom stereocenters. The topological polar surface area (TPSA) is 67.8 Å². The molecule has 2 unspecified atom stereocenters. The van der Waals surface area contributed by atoms with Gasteiger partial charge in [0.15, 0.2) is 11.6 Å². The van der Waals surface area contributed by atoms with E-state index in [2.05, 4.69) is 5.32 Å². The minimum Gasteiger partial charge on any atom is -0.505 e. The number of phenolic OH excluding ortho intramolecular Hbond substituents is 1. The Morgan fingerprint density at radius 1 is 1.23 bits per heavy atom. The Kier molecular flexibility index (Phi) is 5.30. The molecule has 5 nitrogen and oxygen atoms in total. The van der Waals surface area contributed by atoms with E-state index in [1.807, 2.05) is 12.1 Å². The highest BCUT2D eigenvalue weighted by Crippen LogP contribution is 2.41. The summed E-state index contributed by atoms with van der Waals surface area (Å²) in [7, 11) is 3.16. The molecule has 2 N–H and O–H groups in total.